The number of hydrogen-bond acceptors (Lipinski definition) is 2. The average molecular weight is 274 g/mol. The van der Waals surface area contributed by atoms with Gasteiger partial charge < -0.3 is 5.11 Å². The van der Waals surface area contributed by atoms with Crippen LogP contribution in [0, 0.1) is 41.4 Å². The number of terminal acetylenes is 1. The lowest BCUT2D eigenvalue weighted by Gasteiger charge is -2.50. The van der Waals surface area contributed by atoms with Crippen molar-refractivity contribution in [2.75, 3.05) is 0 Å². The molecule has 1 N–H and O–H groups in total. The van der Waals surface area contributed by atoms with Crippen LogP contribution in [0.25, 0.3) is 0 Å². The van der Waals surface area contributed by atoms with E-state index >= 15 is 0 Å². The molecule has 3 fully saturated rings. The summed E-state index contributed by atoms with van der Waals surface area (Å²) in [6.45, 7) is 2.31. The molecule has 6 atom stereocenters. The Hall–Kier alpha value is -0.810. The zero-order valence-corrected chi connectivity index (χ0v) is 12.5. The second-order valence-corrected chi connectivity index (χ2v) is 7.62. The van der Waals surface area contributed by atoms with Crippen LogP contribution in [0.2, 0.25) is 0 Å². The van der Waals surface area contributed by atoms with Crippen molar-refractivity contribution in [1.82, 2.24) is 0 Å². The summed E-state index contributed by atoms with van der Waals surface area (Å²) in [7, 11) is 0. The summed E-state index contributed by atoms with van der Waals surface area (Å²) < 4.78 is 0. The maximum absolute atomic E-state index is 11.4. The Kier molecular flexibility index (Phi) is 3.67. The van der Waals surface area contributed by atoms with Crippen molar-refractivity contribution in [3.8, 4) is 12.3 Å². The molecule has 3 aliphatic carbocycles. The van der Waals surface area contributed by atoms with Crippen LogP contribution in [0.15, 0.2) is 0 Å². The highest BCUT2D eigenvalue weighted by Gasteiger charge is 2.54. The third kappa shape index (κ3) is 2.21. The van der Waals surface area contributed by atoms with Gasteiger partial charge in [-0.15, -0.1) is 6.42 Å². The first-order chi connectivity index (χ1) is 9.54. The molecule has 0 heterocycles. The predicted molar refractivity (Wildman–Crippen MR) is 78.8 cm³/mol. The summed E-state index contributed by atoms with van der Waals surface area (Å²) in [5.74, 6) is 5.00. The highest BCUT2D eigenvalue weighted by molar-refractivity contribution is 5.94. The van der Waals surface area contributed by atoms with Crippen molar-refractivity contribution in [3.05, 3.63) is 0 Å². The average Bonchev–Trinajstić information content (AvgIpc) is 2.75. The van der Waals surface area contributed by atoms with Gasteiger partial charge in [-0.25, -0.2) is 0 Å². The van der Waals surface area contributed by atoms with Gasteiger partial charge in [-0.05, 0) is 80.0 Å². The van der Waals surface area contributed by atoms with E-state index < -0.39 is 0 Å². The van der Waals surface area contributed by atoms with Crippen molar-refractivity contribution < 1.29 is 9.90 Å². The molecule has 20 heavy (non-hydrogen) atoms. The smallest absolute Gasteiger partial charge is 0.205 e. The minimum Gasteiger partial charge on any atom is -0.393 e. The number of carbonyl (C=O) groups excluding carboxylic acids is 1. The number of carbonyl (C=O) groups is 1. The van der Waals surface area contributed by atoms with Crippen molar-refractivity contribution in [3.63, 3.8) is 0 Å². The molecule has 110 valence electrons. The van der Waals surface area contributed by atoms with Gasteiger partial charge in [0.1, 0.15) is 0 Å². The fraction of sp³-hybridized carbons (Fsp3) is 0.833. The van der Waals surface area contributed by atoms with E-state index in [4.69, 9.17) is 6.42 Å². The molecule has 0 unspecified atom stereocenters. The first-order valence-corrected chi connectivity index (χ1v) is 8.22. The third-order valence-corrected chi connectivity index (χ3v) is 6.71. The molecule has 0 radical (unpaired) electrons. The van der Waals surface area contributed by atoms with Crippen LogP contribution >= 0.6 is 0 Å². The van der Waals surface area contributed by atoms with E-state index in [-0.39, 0.29) is 17.3 Å². The molecule has 0 aromatic carbocycles. The van der Waals surface area contributed by atoms with Crippen LogP contribution in [0.5, 0.6) is 0 Å². The molecule has 0 aliphatic heterocycles. The van der Waals surface area contributed by atoms with Gasteiger partial charge in [-0.1, -0.05) is 6.92 Å². The number of fused-ring (bicyclic) bond motifs is 3. The van der Waals surface area contributed by atoms with Gasteiger partial charge in [0.2, 0.25) is 5.78 Å². The summed E-state index contributed by atoms with van der Waals surface area (Å²) in [5.41, 5.74) is 0.169. The molecule has 3 rings (SSSR count). The maximum Gasteiger partial charge on any atom is 0.205 e. The number of Topliss-reactive ketones (excluding diaryl/α,β-unsaturated/α-hetero) is 1. The molecule has 3 saturated carbocycles. The van der Waals surface area contributed by atoms with E-state index in [9.17, 15) is 9.90 Å². The largest absolute Gasteiger partial charge is 0.393 e. The van der Waals surface area contributed by atoms with E-state index in [0.29, 0.717) is 18.3 Å². The maximum atomic E-state index is 11.4. The molecule has 2 heteroatoms. The number of rotatable bonds is 2. The van der Waals surface area contributed by atoms with Crippen LogP contribution in [-0.2, 0) is 4.79 Å². The molecule has 0 spiro atoms. The molecule has 3 aliphatic rings. The molecule has 0 saturated heterocycles. The molecular weight excluding hydrogens is 248 g/mol. The summed E-state index contributed by atoms with van der Waals surface area (Å²) in [4.78, 5) is 11.4. The van der Waals surface area contributed by atoms with E-state index in [1.807, 2.05) is 0 Å². The fourth-order valence-corrected chi connectivity index (χ4v) is 5.55. The second kappa shape index (κ2) is 5.19. The molecule has 0 amide bonds. The second-order valence-electron chi connectivity index (χ2n) is 7.62. The van der Waals surface area contributed by atoms with Crippen molar-refractivity contribution in [2.24, 2.45) is 29.1 Å². The quantitative estimate of drug-likeness (QED) is 0.620. The molecule has 0 aromatic rings. The van der Waals surface area contributed by atoms with Gasteiger partial charge in [0.25, 0.3) is 0 Å². The SMILES string of the molecule is C#CC(=O)C[C@@H]1CC[C@@H]2[C@H](CC[C@]3(C)[C@@H](O)CC[C@@H]23)C1. The summed E-state index contributed by atoms with van der Waals surface area (Å²) in [6, 6.07) is 0. The van der Waals surface area contributed by atoms with Crippen molar-refractivity contribution in [2.45, 2.75) is 64.4 Å². The Labute approximate surface area is 122 Å². The van der Waals surface area contributed by atoms with E-state index in [2.05, 4.69) is 12.8 Å². The van der Waals surface area contributed by atoms with Crippen LogP contribution in [0.3, 0.4) is 0 Å². The Balaban J connectivity index is 1.67. The number of hydrogen-bond donors (Lipinski definition) is 1. The van der Waals surface area contributed by atoms with Gasteiger partial charge in [0.05, 0.1) is 6.10 Å². The zero-order chi connectivity index (χ0) is 14.3. The Morgan fingerprint density at radius 1 is 1.30 bits per heavy atom. The molecular formula is C18H26O2. The van der Waals surface area contributed by atoms with E-state index in [0.717, 1.165) is 31.1 Å². The zero-order valence-electron chi connectivity index (χ0n) is 12.5. The fourth-order valence-electron chi connectivity index (χ4n) is 5.55. The first-order valence-electron chi connectivity index (χ1n) is 8.22. The monoisotopic (exact) mass is 274 g/mol. The predicted octanol–water partition coefficient (Wildman–Crippen LogP) is 3.18. The third-order valence-electron chi connectivity index (χ3n) is 6.71. The van der Waals surface area contributed by atoms with Crippen molar-refractivity contribution >= 4 is 5.78 Å². The highest BCUT2D eigenvalue weighted by Crippen LogP contribution is 2.59. The topological polar surface area (TPSA) is 37.3 Å². The minimum atomic E-state index is -0.0887. The van der Waals surface area contributed by atoms with Crippen LogP contribution in [-0.4, -0.2) is 17.0 Å². The van der Waals surface area contributed by atoms with E-state index in [1.165, 1.54) is 25.7 Å². The van der Waals surface area contributed by atoms with Crippen molar-refractivity contribution in [1.29, 1.82) is 0 Å². The van der Waals surface area contributed by atoms with Gasteiger partial charge >= 0.3 is 0 Å². The lowest BCUT2D eigenvalue weighted by atomic mass is 9.55. The Morgan fingerprint density at radius 3 is 2.85 bits per heavy atom. The normalized spacial score (nSPS) is 47.1. The number of aliphatic hydroxyl groups is 1. The summed E-state index contributed by atoms with van der Waals surface area (Å²) in [6.07, 6.45) is 13.8. The summed E-state index contributed by atoms with van der Waals surface area (Å²) >= 11 is 0. The Bertz CT molecular complexity index is 435. The first kappa shape index (κ1) is 14.1. The standard InChI is InChI=1S/C18H26O2/c1-3-14(19)11-12-4-5-15-13(10-12)8-9-18(2)16(15)6-7-17(18)20/h1,12-13,15-17,20H,4-11H2,2H3/t12-,13-,15-,16+,17+,18+/m1/s1. The lowest BCUT2D eigenvalue weighted by Crippen LogP contribution is -2.45. The van der Waals surface area contributed by atoms with Crippen LogP contribution in [0.4, 0.5) is 0 Å². The highest BCUT2D eigenvalue weighted by atomic mass is 16.3. The van der Waals surface area contributed by atoms with Gasteiger partial charge in [-0.3, -0.25) is 4.79 Å². The van der Waals surface area contributed by atoms with Gasteiger partial charge in [0.15, 0.2) is 0 Å². The number of aliphatic hydroxyl groups excluding tert-OH is 1. The van der Waals surface area contributed by atoms with E-state index in [1.54, 1.807) is 0 Å². The minimum absolute atomic E-state index is 0.0228. The molecule has 0 aromatic heterocycles. The van der Waals surface area contributed by atoms with Gasteiger partial charge in [-0.2, -0.15) is 0 Å². The van der Waals surface area contributed by atoms with Gasteiger partial charge in [0, 0.05) is 6.42 Å². The molecule has 2 nitrogen and oxygen atoms in total. The molecule has 0 bridgehead atoms. The number of ketones is 1. The van der Waals surface area contributed by atoms with Crippen LogP contribution in [0.1, 0.15) is 58.3 Å². The lowest BCUT2D eigenvalue weighted by molar-refractivity contribution is -0.115. The Morgan fingerprint density at radius 2 is 2.10 bits per heavy atom. The van der Waals surface area contributed by atoms with Crippen LogP contribution < -0.4 is 0 Å². The summed E-state index contributed by atoms with van der Waals surface area (Å²) in [5, 5.41) is 10.3.